The molecular formula is C22H23N3O4S. The third-order valence-corrected chi connectivity index (χ3v) is 7.16. The standard InChI is InChI=1S/C22H23N3O4S/c1-24(18-12-13-30(27,28)15-18)22(26)20-14-25(17-6-4-3-5-7-17)23-21(20)16-8-10-19(29-2)11-9-16/h3-11,14,18H,12-13,15H2,1-2H3. The van der Waals surface area contributed by atoms with E-state index in [0.29, 0.717) is 23.4 Å². The number of sulfone groups is 1. The summed E-state index contributed by atoms with van der Waals surface area (Å²) >= 11 is 0. The lowest BCUT2D eigenvalue weighted by molar-refractivity contribution is 0.0748. The molecule has 1 fully saturated rings. The SMILES string of the molecule is COc1ccc(-c2nn(-c3ccccc3)cc2C(=O)N(C)C2CCS(=O)(=O)C2)cc1. The Balaban J connectivity index is 1.74. The number of benzene rings is 2. The van der Waals surface area contributed by atoms with E-state index in [4.69, 9.17) is 4.74 Å². The van der Waals surface area contributed by atoms with Crippen molar-refractivity contribution in [2.24, 2.45) is 0 Å². The first-order valence-corrected chi connectivity index (χ1v) is 11.5. The van der Waals surface area contributed by atoms with Crippen molar-refractivity contribution < 1.29 is 17.9 Å². The number of aromatic nitrogens is 2. The summed E-state index contributed by atoms with van der Waals surface area (Å²) in [6.07, 6.45) is 2.16. The summed E-state index contributed by atoms with van der Waals surface area (Å²) in [6.45, 7) is 0. The van der Waals surface area contributed by atoms with Gasteiger partial charge < -0.3 is 9.64 Å². The molecule has 3 aromatic rings. The molecule has 1 atom stereocenters. The van der Waals surface area contributed by atoms with Crippen LogP contribution in [0.5, 0.6) is 5.75 Å². The Hall–Kier alpha value is -3.13. The van der Waals surface area contributed by atoms with Gasteiger partial charge in [0.05, 0.1) is 29.9 Å². The van der Waals surface area contributed by atoms with Gasteiger partial charge in [-0.15, -0.1) is 0 Å². The lowest BCUT2D eigenvalue weighted by Crippen LogP contribution is -2.37. The van der Waals surface area contributed by atoms with Crippen molar-refractivity contribution in [2.75, 3.05) is 25.7 Å². The summed E-state index contributed by atoms with van der Waals surface area (Å²) in [5.74, 6) is 0.580. The lowest BCUT2D eigenvalue weighted by Gasteiger charge is -2.23. The number of para-hydroxylation sites is 1. The van der Waals surface area contributed by atoms with Gasteiger partial charge in [0, 0.05) is 24.8 Å². The van der Waals surface area contributed by atoms with E-state index in [1.807, 2.05) is 54.6 Å². The van der Waals surface area contributed by atoms with Crippen molar-refractivity contribution in [3.63, 3.8) is 0 Å². The fourth-order valence-corrected chi connectivity index (χ4v) is 5.42. The van der Waals surface area contributed by atoms with E-state index >= 15 is 0 Å². The van der Waals surface area contributed by atoms with Gasteiger partial charge >= 0.3 is 0 Å². The zero-order valence-corrected chi connectivity index (χ0v) is 17.7. The third-order valence-electron chi connectivity index (χ3n) is 5.41. The highest BCUT2D eigenvalue weighted by Crippen LogP contribution is 2.28. The minimum absolute atomic E-state index is 0.0000679. The highest BCUT2D eigenvalue weighted by atomic mass is 32.2. The van der Waals surface area contributed by atoms with Crippen molar-refractivity contribution in [3.05, 3.63) is 66.4 Å². The summed E-state index contributed by atoms with van der Waals surface area (Å²) in [6, 6.07) is 16.6. The monoisotopic (exact) mass is 425 g/mol. The zero-order chi connectivity index (χ0) is 21.3. The quantitative estimate of drug-likeness (QED) is 0.628. The summed E-state index contributed by atoms with van der Waals surface area (Å²) in [5, 5.41) is 4.67. The van der Waals surface area contributed by atoms with Crippen LogP contribution in [0.2, 0.25) is 0 Å². The van der Waals surface area contributed by atoms with Gasteiger partial charge in [-0.3, -0.25) is 4.79 Å². The van der Waals surface area contributed by atoms with Crippen LogP contribution in [0.15, 0.2) is 60.8 Å². The number of hydrogen-bond acceptors (Lipinski definition) is 5. The largest absolute Gasteiger partial charge is 0.497 e. The molecule has 0 spiro atoms. The van der Waals surface area contributed by atoms with E-state index in [0.717, 1.165) is 11.3 Å². The molecule has 0 N–H and O–H groups in total. The predicted octanol–water partition coefficient (Wildman–Crippen LogP) is 2.81. The van der Waals surface area contributed by atoms with E-state index in [2.05, 4.69) is 5.10 Å². The first-order chi connectivity index (χ1) is 14.4. The van der Waals surface area contributed by atoms with Gasteiger partial charge in [0.2, 0.25) is 0 Å². The van der Waals surface area contributed by atoms with Crippen LogP contribution in [0.3, 0.4) is 0 Å². The summed E-state index contributed by atoms with van der Waals surface area (Å²) in [7, 11) is 0.162. The fourth-order valence-electron chi connectivity index (χ4n) is 3.64. The van der Waals surface area contributed by atoms with E-state index in [-0.39, 0.29) is 23.5 Å². The molecule has 0 radical (unpaired) electrons. The van der Waals surface area contributed by atoms with E-state index in [1.165, 1.54) is 4.90 Å². The highest BCUT2D eigenvalue weighted by Gasteiger charge is 2.34. The molecule has 7 nitrogen and oxygen atoms in total. The van der Waals surface area contributed by atoms with Crippen LogP contribution >= 0.6 is 0 Å². The third kappa shape index (κ3) is 3.95. The van der Waals surface area contributed by atoms with Crippen LogP contribution in [-0.2, 0) is 9.84 Å². The molecule has 4 rings (SSSR count). The molecule has 8 heteroatoms. The van der Waals surface area contributed by atoms with Crippen molar-refractivity contribution in [2.45, 2.75) is 12.5 Å². The summed E-state index contributed by atoms with van der Waals surface area (Å²) in [4.78, 5) is 14.9. The Labute approximate surface area is 175 Å². The number of carbonyl (C=O) groups excluding carboxylic acids is 1. The van der Waals surface area contributed by atoms with Crippen LogP contribution in [0.25, 0.3) is 16.9 Å². The normalized spacial score (nSPS) is 17.6. The first-order valence-electron chi connectivity index (χ1n) is 9.65. The minimum Gasteiger partial charge on any atom is -0.497 e. The van der Waals surface area contributed by atoms with Crippen LogP contribution in [0.4, 0.5) is 0 Å². The lowest BCUT2D eigenvalue weighted by atomic mass is 10.1. The average Bonchev–Trinajstić information content (AvgIpc) is 3.37. The maximum absolute atomic E-state index is 13.4. The Morgan fingerprint density at radius 1 is 1.13 bits per heavy atom. The molecule has 1 saturated heterocycles. The van der Waals surface area contributed by atoms with E-state index in [9.17, 15) is 13.2 Å². The maximum atomic E-state index is 13.4. The van der Waals surface area contributed by atoms with Gasteiger partial charge in [0.25, 0.3) is 5.91 Å². The van der Waals surface area contributed by atoms with Gasteiger partial charge in [-0.1, -0.05) is 18.2 Å². The molecule has 1 aliphatic heterocycles. The molecule has 0 saturated carbocycles. The molecule has 2 aromatic carbocycles. The highest BCUT2D eigenvalue weighted by molar-refractivity contribution is 7.91. The van der Waals surface area contributed by atoms with Crippen LogP contribution in [0.1, 0.15) is 16.8 Å². The second-order valence-corrected chi connectivity index (χ2v) is 9.60. The Morgan fingerprint density at radius 3 is 2.43 bits per heavy atom. The van der Waals surface area contributed by atoms with Gasteiger partial charge in [-0.2, -0.15) is 5.10 Å². The Kier molecular flexibility index (Phi) is 5.34. The smallest absolute Gasteiger partial charge is 0.257 e. The second kappa shape index (κ2) is 7.95. The van der Waals surface area contributed by atoms with Gasteiger partial charge in [0.1, 0.15) is 11.4 Å². The second-order valence-electron chi connectivity index (χ2n) is 7.37. The number of ether oxygens (including phenoxy) is 1. The zero-order valence-electron chi connectivity index (χ0n) is 16.9. The van der Waals surface area contributed by atoms with Crippen molar-refractivity contribution in [1.29, 1.82) is 0 Å². The molecule has 156 valence electrons. The van der Waals surface area contributed by atoms with Crippen LogP contribution in [0, 0.1) is 0 Å². The van der Waals surface area contributed by atoms with Crippen LogP contribution < -0.4 is 4.74 Å². The van der Waals surface area contributed by atoms with Gasteiger partial charge in [0.15, 0.2) is 9.84 Å². The molecule has 30 heavy (non-hydrogen) atoms. The topological polar surface area (TPSA) is 81.5 Å². The van der Waals surface area contributed by atoms with Crippen molar-refractivity contribution in [1.82, 2.24) is 14.7 Å². The number of rotatable bonds is 5. The maximum Gasteiger partial charge on any atom is 0.257 e. The molecular weight excluding hydrogens is 402 g/mol. The molecule has 0 bridgehead atoms. The Morgan fingerprint density at radius 2 is 1.83 bits per heavy atom. The molecule has 1 aliphatic rings. The number of nitrogens with zero attached hydrogens (tertiary/aromatic N) is 3. The fraction of sp³-hybridized carbons (Fsp3) is 0.273. The average molecular weight is 426 g/mol. The molecule has 2 heterocycles. The number of hydrogen-bond donors (Lipinski definition) is 0. The van der Waals surface area contributed by atoms with Crippen LogP contribution in [-0.4, -0.2) is 60.7 Å². The Bertz CT molecular complexity index is 1150. The summed E-state index contributed by atoms with van der Waals surface area (Å²) < 4.78 is 30.6. The molecule has 1 aromatic heterocycles. The van der Waals surface area contributed by atoms with E-state index in [1.54, 1.807) is 25.0 Å². The van der Waals surface area contributed by atoms with Gasteiger partial charge in [-0.25, -0.2) is 13.1 Å². The predicted molar refractivity (Wildman–Crippen MR) is 115 cm³/mol. The van der Waals surface area contributed by atoms with Gasteiger partial charge in [-0.05, 0) is 42.8 Å². The van der Waals surface area contributed by atoms with Crippen molar-refractivity contribution in [3.8, 4) is 22.7 Å². The molecule has 1 unspecified atom stereocenters. The number of carbonyl (C=O) groups is 1. The van der Waals surface area contributed by atoms with Crippen molar-refractivity contribution >= 4 is 15.7 Å². The molecule has 0 aliphatic carbocycles. The minimum atomic E-state index is -3.09. The van der Waals surface area contributed by atoms with E-state index < -0.39 is 9.84 Å². The molecule has 1 amide bonds. The first kappa shape index (κ1) is 20.2. The number of amides is 1. The number of methoxy groups -OCH3 is 1. The summed E-state index contributed by atoms with van der Waals surface area (Å²) in [5.41, 5.74) is 2.58.